The van der Waals surface area contributed by atoms with Crippen LogP contribution in [-0.4, -0.2) is 25.1 Å². The second-order valence-electron chi connectivity index (χ2n) is 5.56. The maximum Gasteiger partial charge on any atom is 0.255 e. The van der Waals surface area contributed by atoms with Gasteiger partial charge >= 0.3 is 0 Å². The summed E-state index contributed by atoms with van der Waals surface area (Å²) in [5.41, 5.74) is 7.98. The Morgan fingerprint density at radius 1 is 1.26 bits per heavy atom. The lowest BCUT2D eigenvalue weighted by Crippen LogP contribution is -2.27. The van der Waals surface area contributed by atoms with Crippen molar-refractivity contribution in [2.75, 3.05) is 11.1 Å². The average molecular weight is 331 g/mol. The molecule has 3 N–H and O–H groups in total. The summed E-state index contributed by atoms with van der Waals surface area (Å²) in [5, 5.41) is 2.74. The summed E-state index contributed by atoms with van der Waals surface area (Å²) in [5.74, 6) is -0.344. The quantitative estimate of drug-likeness (QED) is 0.874. The molecule has 1 aromatic heterocycles. The van der Waals surface area contributed by atoms with Crippen LogP contribution in [0.25, 0.3) is 0 Å². The average Bonchev–Trinajstić information content (AvgIpc) is 2.52. The summed E-state index contributed by atoms with van der Waals surface area (Å²) in [6, 6.07) is 6.29. The lowest BCUT2D eigenvalue weighted by Gasteiger charge is -2.25. The summed E-state index contributed by atoms with van der Waals surface area (Å²) in [4.78, 5) is 16.5. The van der Waals surface area contributed by atoms with Crippen LogP contribution in [0, 0.1) is 6.92 Å². The molecule has 0 saturated heterocycles. The van der Waals surface area contributed by atoms with Crippen LogP contribution < -0.4 is 11.1 Å². The van der Waals surface area contributed by atoms with Crippen molar-refractivity contribution >= 4 is 21.4 Å². The molecular formula is C16H17N3O3S. The van der Waals surface area contributed by atoms with Gasteiger partial charge in [-0.1, -0.05) is 6.07 Å². The molecule has 0 radical (unpaired) electrons. The van der Waals surface area contributed by atoms with E-state index in [-0.39, 0.29) is 22.6 Å². The predicted octanol–water partition coefficient (Wildman–Crippen LogP) is 1.82. The highest BCUT2D eigenvalue weighted by Gasteiger charge is 2.31. The van der Waals surface area contributed by atoms with E-state index in [2.05, 4.69) is 10.3 Å². The van der Waals surface area contributed by atoms with Gasteiger partial charge in [-0.05, 0) is 42.7 Å². The predicted molar refractivity (Wildman–Crippen MR) is 87.0 cm³/mol. The molecule has 2 aromatic rings. The van der Waals surface area contributed by atoms with Gasteiger partial charge in [0.25, 0.3) is 5.91 Å². The molecule has 1 aliphatic heterocycles. The lowest BCUT2D eigenvalue weighted by molar-refractivity contribution is 0.102. The number of nitrogens with zero attached hydrogens (tertiary/aromatic N) is 1. The Balaban J connectivity index is 2.04. The molecule has 0 saturated carbocycles. The molecule has 0 aliphatic carbocycles. The summed E-state index contributed by atoms with van der Waals surface area (Å²) in [6.07, 6.45) is 3.54. The Morgan fingerprint density at radius 3 is 2.65 bits per heavy atom. The van der Waals surface area contributed by atoms with E-state index in [9.17, 15) is 13.2 Å². The van der Waals surface area contributed by atoms with Crippen LogP contribution >= 0.6 is 0 Å². The molecule has 120 valence electrons. The first-order valence-corrected chi connectivity index (χ1v) is 8.88. The molecule has 7 heteroatoms. The molecule has 23 heavy (non-hydrogen) atoms. The summed E-state index contributed by atoms with van der Waals surface area (Å²) in [7, 11) is -3.40. The van der Waals surface area contributed by atoms with Crippen LogP contribution in [0.4, 0.5) is 5.69 Å². The van der Waals surface area contributed by atoms with Gasteiger partial charge in [0.15, 0.2) is 9.84 Å². The minimum Gasteiger partial charge on any atom is -0.324 e. The van der Waals surface area contributed by atoms with Crippen LogP contribution in [0.2, 0.25) is 0 Å². The highest BCUT2D eigenvalue weighted by atomic mass is 32.2. The molecule has 1 amide bonds. The van der Waals surface area contributed by atoms with Gasteiger partial charge in [0.1, 0.15) is 0 Å². The van der Waals surface area contributed by atoms with Crippen molar-refractivity contribution in [2.45, 2.75) is 24.3 Å². The molecule has 0 bridgehead atoms. The van der Waals surface area contributed by atoms with Crippen LogP contribution in [0.5, 0.6) is 0 Å². The van der Waals surface area contributed by atoms with Crippen LogP contribution in [0.15, 0.2) is 41.6 Å². The van der Waals surface area contributed by atoms with E-state index in [0.717, 1.165) is 0 Å². The molecule has 1 atom stereocenters. The fourth-order valence-electron chi connectivity index (χ4n) is 2.84. The number of aromatic nitrogens is 1. The number of hydrogen-bond donors (Lipinski definition) is 2. The number of carbonyl (C=O) groups is 1. The van der Waals surface area contributed by atoms with E-state index in [0.29, 0.717) is 28.8 Å². The number of rotatable bonds is 2. The Labute approximate surface area is 134 Å². The molecule has 6 nitrogen and oxygen atoms in total. The van der Waals surface area contributed by atoms with E-state index in [4.69, 9.17) is 5.73 Å². The number of pyridine rings is 1. The maximum absolute atomic E-state index is 12.5. The molecule has 0 spiro atoms. The number of benzene rings is 1. The second-order valence-corrected chi connectivity index (χ2v) is 7.61. The third-order valence-corrected chi connectivity index (χ3v) is 5.96. The molecule has 0 unspecified atom stereocenters. The summed E-state index contributed by atoms with van der Waals surface area (Å²) >= 11 is 0. The van der Waals surface area contributed by atoms with Gasteiger partial charge in [-0.3, -0.25) is 9.78 Å². The SMILES string of the molecule is Cc1c(C(=O)Nc2ccncc2)ccc2c1S(=O)(=O)CC[C@H]2N. The smallest absolute Gasteiger partial charge is 0.255 e. The van der Waals surface area contributed by atoms with Gasteiger partial charge in [-0.15, -0.1) is 0 Å². The third-order valence-electron chi connectivity index (χ3n) is 4.03. The van der Waals surface area contributed by atoms with Gasteiger partial charge < -0.3 is 11.1 Å². The highest BCUT2D eigenvalue weighted by Crippen LogP contribution is 2.34. The minimum atomic E-state index is -3.40. The maximum atomic E-state index is 12.5. The summed E-state index contributed by atoms with van der Waals surface area (Å²) < 4.78 is 24.8. The van der Waals surface area contributed by atoms with Gasteiger partial charge in [0.05, 0.1) is 10.6 Å². The van der Waals surface area contributed by atoms with E-state index in [1.807, 2.05) is 0 Å². The van der Waals surface area contributed by atoms with Gasteiger partial charge in [0.2, 0.25) is 0 Å². The number of fused-ring (bicyclic) bond motifs is 1. The number of sulfone groups is 1. The zero-order chi connectivity index (χ0) is 16.6. The first kappa shape index (κ1) is 15.6. The molecule has 2 heterocycles. The second kappa shape index (κ2) is 5.75. The van der Waals surface area contributed by atoms with Crippen LogP contribution in [0.1, 0.15) is 33.9 Å². The van der Waals surface area contributed by atoms with Crippen molar-refractivity contribution in [1.82, 2.24) is 4.98 Å². The van der Waals surface area contributed by atoms with Crippen molar-refractivity contribution in [1.29, 1.82) is 0 Å². The molecular weight excluding hydrogens is 314 g/mol. The van der Waals surface area contributed by atoms with Crippen molar-refractivity contribution in [3.63, 3.8) is 0 Å². The van der Waals surface area contributed by atoms with Crippen LogP contribution in [0.3, 0.4) is 0 Å². The normalized spacial score (nSPS) is 19.0. The van der Waals surface area contributed by atoms with Crippen molar-refractivity contribution in [3.05, 3.63) is 53.3 Å². The zero-order valence-corrected chi connectivity index (χ0v) is 13.4. The Hall–Kier alpha value is -2.25. The van der Waals surface area contributed by atoms with Crippen molar-refractivity contribution in [3.8, 4) is 0 Å². The number of nitrogens with two attached hydrogens (primary N) is 1. The largest absolute Gasteiger partial charge is 0.324 e. The highest BCUT2D eigenvalue weighted by molar-refractivity contribution is 7.91. The molecule has 1 aromatic carbocycles. The number of hydrogen-bond acceptors (Lipinski definition) is 5. The van der Waals surface area contributed by atoms with Crippen molar-refractivity contribution < 1.29 is 13.2 Å². The molecule has 3 rings (SSSR count). The molecule has 0 fully saturated rings. The van der Waals surface area contributed by atoms with E-state index in [1.165, 1.54) is 0 Å². The van der Waals surface area contributed by atoms with Crippen molar-refractivity contribution in [2.24, 2.45) is 5.73 Å². The number of nitrogens with one attached hydrogen (secondary N) is 1. The van der Waals surface area contributed by atoms with Gasteiger partial charge in [-0.2, -0.15) is 0 Å². The van der Waals surface area contributed by atoms with E-state index >= 15 is 0 Å². The third kappa shape index (κ3) is 2.85. The minimum absolute atomic E-state index is 0.0113. The number of amides is 1. The Kier molecular flexibility index (Phi) is 3.91. The Morgan fingerprint density at radius 2 is 1.96 bits per heavy atom. The standard InChI is InChI=1S/C16H17N3O3S/c1-10-12(16(20)19-11-4-7-18-8-5-11)2-3-13-14(17)6-9-23(21,22)15(10)13/h2-5,7-8,14H,6,9,17H2,1H3,(H,18,19,20)/t14-/m1/s1. The van der Waals surface area contributed by atoms with Crippen LogP contribution in [-0.2, 0) is 9.84 Å². The lowest BCUT2D eigenvalue weighted by atomic mass is 9.98. The first-order valence-electron chi connectivity index (χ1n) is 7.23. The van der Waals surface area contributed by atoms with Gasteiger partial charge in [0, 0.05) is 29.7 Å². The van der Waals surface area contributed by atoms with E-state index < -0.39 is 9.84 Å². The fraction of sp³-hybridized carbons (Fsp3) is 0.250. The fourth-order valence-corrected chi connectivity index (χ4v) is 4.76. The number of carbonyl (C=O) groups excluding carboxylic acids is 1. The molecule has 1 aliphatic rings. The first-order chi connectivity index (χ1) is 10.9. The Bertz CT molecular complexity index is 864. The monoisotopic (exact) mass is 331 g/mol. The summed E-state index contributed by atoms with van der Waals surface area (Å²) in [6.45, 7) is 1.65. The number of anilines is 1. The topological polar surface area (TPSA) is 102 Å². The van der Waals surface area contributed by atoms with E-state index in [1.54, 1.807) is 43.6 Å². The zero-order valence-electron chi connectivity index (χ0n) is 12.6. The van der Waals surface area contributed by atoms with Gasteiger partial charge in [-0.25, -0.2) is 8.42 Å².